The SMILES string of the molecule is COc1c(F)c(F)c(C(O)CO)c(C(=O)O)c1F. The summed E-state index contributed by atoms with van der Waals surface area (Å²) in [7, 11) is 0.828. The lowest BCUT2D eigenvalue weighted by atomic mass is 10.00. The molecule has 0 aliphatic rings. The van der Waals surface area contributed by atoms with E-state index in [-0.39, 0.29) is 0 Å². The molecule has 0 aliphatic carbocycles. The van der Waals surface area contributed by atoms with Gasteiger partial charge in [-0.2, -0.15) is 4.39 Å². The molecule has 0 saturated carbocycles. The number of methoxy groups -OCH3 is 1. The zero-order chi connectivity index (χ0) is 14.0. The second-order valence-corrected chi connectivity index (χ2v) is 3.27. The maximum atomic E-state index is 13.6. The van der Waals surface area contributed by atoms with Crippen LogP contribution in [0.3, 0.4) is 0 Å². The minimum Gasteiger partial charge on any atom is -0.491 e. The van der Waals surface area contributed by atoms with Gasteiger partial charge in [-0.05, 0) is 0 Å². The zero-order valence-electron chi connectivity index (χ0n) is 9.08. The van der Waals surface area contributed by atoms with Gasteiger partial charge in [-0.15, -0.1) is 0 Å². The average molecular weight is 266 g/mol. The van der Waals surface area contributed by atoms with E-state index in [1.807, 2.05) is 0 Å². The lowest BCUT2D eigenvalue weighted by Gasteiger charge is -2.16. The highest BCUT2D eigenvalue weighted by Crippen LogP contribution is 2.33. The molecule has 0 heterocycles. The van der Waals surface area contributed by atoms with Crippen LogP contribution in [0.4, 0.5) is 13.2 Å². The Labute approximate surface area is 99.0 Å². The van der Waals surface area contributed by atoms with Gasteiger partial charge in [-0.3, -0.25) is 0 Å². The van der Waals surface area contributed by atoms with Crippen LogP contribution < -0.4 is 4.74 Å². The van der Waals surface area contributed by atoms with Gasteiger partial charge in [-0.25, -0.2) is 13.6 Å². The first-order valence-electron chi connectivity index (χ1n) is 4.63. The van der Waals surface area contributed by atoms with E-state index in [2.05, 4.69) is 4.74 Å². The molecule has 1 atom stereocenters. The predicted octanol–water partition coefficient (Wildman–Crippen LogP) is 0.836. The van der Waals surface area contributed by atoms with Crippen LogP contribution in [0.15, 0.2) is 0 Å². The van der Waals surface area contributed by atoms with E-state index < -0.39 is 53.0 Å². The van der Waals surface area contributed by atoms with Gasteiger partial charge < -0.3 is 20.1 Å². The lowest BCUT2D eigenvalue weighted by molar-refractivity contribution is 0.0658. The van der Waals surface area contributed by atoms with Crippen molar-refractivity contribution in [1.29, 1.82) is 0 Å². The first-order valence-corrected chi connectivity index (χ1v) is 4.63. The highest BCUT2D eigenvalue weighted by Gasteiger charge is 2.32. The number of aliphatic hydroxyl groups is 2. The van der Waals surface area contributed by atoms with Gasteiger partial charge in [0.25, 0.3) is 0 Å². The van der Waals surface area contributed by atoms with Gasteiger partial charge in [-0.1, -0.05) is 0 Å². The molecule has 5 nitrogen and oxygen atoms in total. The molecule has 0 aliphatic heterocycles. The number of carboxylic acids is 1. The topological polar surface area (TPSA) is 87.0 Å². The molecular weight excluding hydrogens is 257 g/mol. The lowest BCUT2D eigenvalue weighted by Crippen LogP contribution is -2.17. The van der Waals surface area contributed by atoms with Gasteiger partial charge in [0.05, 0.1) is 13.7 Å². The minimum atomic E-state index is -2.06. The highest BCUT2D eigenvalue weighted by atomic mass is 19.2. The van der Waals surface area contributed by atoms with Crippen molar-refractivity contribution in [2.75, 3.05) is 13.7 Å². The number of rotatable bonds is 4. The summed E-state index contributed by atoms with van der Waals surface area (Å²) in [4.78, 5) is 10.8. The van der Waals surface area contributed by atoms with Crippen molar-refractivity contribution in [3.05, 3.63) is 28.6 Å². The van der Waals surface area contributed by atoms with Crippen molar-refractivity contribution >= 4 is 5.97 Å². The summed E-state index contributed by atoms with van der Waals surface area (Å²) in [5, 5.41) is 26.6. The number of aliphatic hydroxyl groups excluding tert-OH is 2. The summed E-state index contributed by atoms with van der Waals surface area (Å²) in [5.41, 5.74) is -2.45. The maximum absolute atomic E-state index is 13.6. The second kappa shape index (κ2) is 5.23. The average Bonchev–Trinajstić information content (AvgIpc) is 2.32. The van der Waals surface area contributed by atoms with Crippen molar-refractivity contribution in [3.8, 4) is 5.75 Å². The van der Waals surface area contributed by atoms with E-state index in [4.69, 9.17) is 10.2 Å². The van der Waals surface area contributed by atoms with Crippen LogP contribution in [0.5, 0.6) is 5.75 Å². The molecule has 3 N–H and O–H groups in total. The van der Waals surface area contributed by atoms with Gasteiger partial charge in [0.1, 0.15) is 11.7 Å². The third-order valence-electron chi connectivity index (χ3n) is 2.24. The van der Waals surface area contributed by atoms with Gasteiger partial charge in [0, 0.05) is 5.56 Å². The van der Waals surface area contributed by atoms with Gasteiger partial charge >= 0.3 is 5.97 Å². The summed E-state index contributed by atoms with van der Waals surface area (Å²) in [6.07, 6.45) is -2.06. The van der Waals surface area contributed by atoms with Crippen molar-refractivity contribution in [3.63, 3.8) is 0 Å². The van der Waals surface area contributed by atoms with E-state index in [0.717, 1.165) is 7.11 Å². The Kier molecular flexibility index (Phi) is 4.15. The Morgan fingerprint density at radius 2 is 1.83 bits per heavy atom. The zero-order valence-corrected chi connectivity index (χ0v) is 9.08. The largest absolute Gasteiger partial charge is 0.491 e. The Morgan fingerprint density at radius 3 is 2.22 bits per heavy atom. The first-order chi connectivity index (χ1) is 8.36. The van der Waals surface area contributed by atoms with Crippen molar-refractivity contribution < 1.29 is 38.0 Å². The van der Waals surface area contributed by atoms with E-state index >= 15 is 0 Å². The van der Waals surface area contributed by atoms with E-state index in [9.17, 15) is 23.1 Å². The molecule has 0 aromatic heterocycles. The molecule has 0 radical (unpaired) electrons. The Balaban J connectivity index is 3.74. The van der Waals surface area contributed by atoms with Crippen molar-refractivity contribution in [1.82, 2.24) is 0 Å². The number of benzene rings is 1. The van der Waals surface area contributed by atoms with E-state index in [0.29, 0.717) is 0 Å². The first kappa shape index (κ1) is 14.3. The number of carbonyl (C=O) groups is 1. The van der Waals surface area contributed by atoms with Gasteiger partial charge in [0.15, 0.2) is 17.4 Å². The number of aromatic carboxylic acids is 1. The predicted molar refractivity (Wildman–Crippen MR) is 51.9 cm³/mol. The second-order valence-electron chi connectivity index (χ2n) is 3.27. The van der Waals surface area contributed by atoms with Gasteiger partial charge in [0.2, 0.25) is 5.82 Å². The van der Waals surface area contributed by atoms with Crippen LogP contribution in [0.2, 0.25) is 0 Å². The van der Waals surface area contributed by atoms with Crippen molar-refractivity contribution in [2.45, 2.75) is 6.10 Å². The summed E-state index contributed by atoms with van der Waals surface area (Å²) in [6.45, 7) is -1.09. The Morgan fingerprint density at radius 1 is 1.28 bits per heavy atom. The summed E-state index contributed by atoms with van der Waals surface area (Å²) in [5.74, 6) is -8.35. The molecule has 1 aromatic rings. The molecule has 0 spiro atoms. The van der Waals surface area contributed by atoms with Crippen molar-refractivity contribution in [2.24, 2.45) is 0 Å². The third-order valence-corrected chi connectivity index (χ3v) is 2.24. The molecule has 18 heavy (non-hydrogen) atoms. The summed E-state index contributed by atoms with van der Waals surface area (Å²) >= 11 is 0. The summed E-state index contributed by atoms with van der Waals surface area (Å²) in [6, 6.07) is 0. The molecular formula is C10H9F3O5. The smallest absolute Gasteiger partial charge is 0.339 e. The monoisotopic (exact) mass is 266 g/mol. The number of halogens is 3. The number of carboxylic acid groups (broad SMARTS) is 1. The molecule has 0 amide bonds. The highest BCUT2D eigenvalue weighted by molar-refractivity contribution is 5.90. The quantitative estimate of drug-likeness (QED) is 0.703. The van der Waals surface area contributed by atoms with Crippen LogP contribution in [-0.2, 0) is 0 Å². The molecule has 1 rings (SSSR count). The van der Waals surface area contributed by atoms with Crippen LogP contribution >= 0.6 is 0 Å². The molecule has 0 saturated heterocycles. The van der Waals surface area contributed by atoms with E-state index in [1.165, 1.54) is 0 Å². The van der Waals surface area contributed by atoms with Crippen LogP contribution in [-0.4, -0.2) is 35.0 Å². The fourth-order valence-electron chi connectivity index (χ4n) is 1.45. The normalized spacial score (nSPS) is 12.3. The van der Waals surface area contributed by atoms with Crippen LogP contribution in [0.25, 0.3) is 0 Å². The fraction of sp³-hybridized carbons (Fsp3) is 0.300. The molecule has 0 bridgehead atoms. The van der Waals surface area contributed by atoms with Crippen LogP contribution in [0, 0.1) is 17.5 Å². The van der Waals surface area contributed by atoms with E-state index in [1.54, 1.807) is 0 Å². The number of hydrogen-bond acceptors (Lipinski definition) is 4. The third kappa shape index (κ3) is 2.12. The fourth-order valence-corrected chi connectivity index (χ4v) is 1.45. The number of hydrogen-bond donors (Lipinski definition) is 3. The Bertz CT molecular complexity index is 489. The molecule has 1 aromatic carbocycles. The standard InChI is InChI=1S/C10H9F3O5/c1-18-9-7(12)5(10(16)17)4(3(15)2-14)6(11)8(9)13/h3,14-15H,2H2,1H3,(H,16,17). The number of ether oxygens (including phenoxy) is 1. The minimum absolute atomic E-state index is 0.828. The molecule has 100 valence electrons. The Hall–Kier alpha value is -1.80. The van der Waals surface area contributed by atoms with Crippen LogP contribution in [0.1, 0.15) is 22.0 Å². The maximum Gasteiger partial charge on any atom is 0.339 e. The summed E-state index contributed by atoms with van der Waals surface area (Å²) < 4.78 is 44.7. The molecule has 0 fully saturated rings. The molecule has 1 unspecified atom stereocenters. The molecule has 8 heteroatoms.